The number of nitrogens with zero attached hydrogens (tertiary/aromatic N) is 4. The number of alkyl halides is 3. The maximum atomic E-state index is 13.6. The van der Waals surface area contributed by atoms with E-state index in [4.69, 9.17) is 4.74 Å². The highest BCUT2D eigenvalue weighted by molar-refractivity contribution is 9.10. The van der Waals surface area contributed by atoms with Gasteiger partial charge in [0.25, 0.3) is 0 Å². The van der Waals surface area contributed by atoms with E-state index in [0.717, 1.165) is 12.1 Å². The molecular formula is C23H24BrF3N4O3S. The zero-order valence-electron chi connectivity index (χ0n) is 19.0. The predicted molar refractivity (Wildman–Crippen MR) is 126 cm³/mol. The van der Waals surface area contributed by atoms with Crippen LogP contribution >= 0.6 is 15.9 Å². The van der Waals surface area contributed by atoms with Crippen LogP contribution in [0.1, 0.15) is 37.1 Å². The molecule has 35 heavy (non-hydrogen) atoms. The minimum Gasteiger partial charge on any atom is -0.490 e. The van der Waals surface area contributed by atoms with E-state index in [-0.39, 0.29) is 30.5 Å². The third-order valence-corrected chi connectivity index (χ3v) is 8.04. The van der Waals surface area contributed by atoms with Gasteiger partial charge in [-0.3, -0.25) is 0 Å². The number of rotatable bonds is 6. The molecule has 0 spiro atoms. The van der Waals surface area contributed by atoms with Crippen LogP contribution in [0.3, 0.4) is 0 Å². The lowest BCUT2D eigenvalue weighted by molar-refractivity contribution is -0.137. The van der Waals surface area contributed by atoms with Crippen molar-refractivity contribution < 1.29 is 26.3 Å². The molecule has 3 aromatic rings. The van der Waals surface area contributed by atoms with E-state index < -0.39 is 27.8 Å². The van der Waals surface area contributed by atoms with Crippen molar-refractivity contribution in [3.8, 4) is 5.75 Å². The summed E-state index contributed by atoms with van der Waals surface area (Å²) in [7, 11) is -3.89. The van der Waals surface area contributed by atoms with Crippen LogP contribution in [-0.4, -0.2) is 40.4 Å². The Kier molecular flexibility index (Phi) is 7.26. The summed E-state index contributed by atoms with van der Waals surface area (Å²) in [6.45, 7) is 4.42. The van der Waals surface area contributed by atoms with Crippen molar-refractivity contribution in [2.45, 2.75) is 50.5 Å². The lowest BCUT2D eigenvalue weighted by Gasteiger charge is -2.28. The molecule has 0 saturated heterocycles. The van der Waals surface area contributed by atoms with Crippen molar-refractivity contribution in [3.05, 3.63) is 70.0 Å². The van der Waals surface area contributed by atoms with Crippen LogP contribution in [0.15, 0.2) is 58.0 Å². The van der Waals surface area contributed by atoms with Crippen LogP contribution in [0.25, 0.3) is 0 Å². The summed E-state index contributed by atoms with van der Waals surface area (Å²) in [6.07, 6.45) is -2.20. The Morgan fingerprint density at radius 2 is 1.86 bits per heavy atom. The Morgan fingerprint density at radius 3 is 2.51 bits per heavy atom. The molecule has 0 aliphatic carbocycles. The van der Waals surface area contributed by atoms with Crippen LogP contribution < -0.4 is 4.74 Å². The van der Waals surface area contributed by atoms with Crippen LogP contribution in [0, 0.1) is 5.92 Å². The number of sulfonamides is 1. The first kappa shape index (κ1) is 25.6. The molecule has 1 aliphatic rings. The Labute approximate surface area is 210 Å². The van der Waals surface area contributed by atoms with Crippen LogP contribution in [-0.2, 0) is 29.3 Å². The monoisotopic (exact) mass is 572 g/mol. The van der Waals surface area contributed by atoms with E-state index in [2.05, 4.69) is 26.2 Å². The van der Waals surface area contributed by atoms with Crippen molar-refractivity contribution >= 4 is 26.0 Å². The summed E-state index contributed by atoms with van der Waals surface area (Å²) in [5.74, 6) is 0.520. The highest BCUT2D eigenvalue weighted by Crippen LogP contribution is 2.35. The van der Waals surface area contributed by atoms with Gasteiger partial charge in [0, 0.05) is 4.47 Å². The van der Waals surface area contributed by atoms with Gasteiger partial charge in [0.05, 0.1) is 36.6 Å². The Bertz CT molecular complexity index is 1290. The van der Waals surface area contributed by atoms with Gasteiger partial charge in [0.15, 0.2) is 0 Å². The molecule has 4 rings (SSSR count). The molecule has 1 aliphatic heterocycles. The lowest BCUT2D eigenvalue weighted by Crippen LogP contribution is -2.42. The van der Waals surface area contributed by atoms with E-state index in [0.29, 0.717) is 27.9 Å². The summed E-state index contributed by atoms with van der Waals surface area (Å²) in [5.41, 5.74) is 0.315. The summed E-state index contributed by atoms with van der Waals surface area (Å²) in [5, 5.41) is 8.17. The van der Waals surface area contributed by atoms with Crippen LogP contribution in [0.2, 0.25) is 0 Å². The topological polar surface area (TPSA) is 77.3 Å². The largest absolute Gasteiger partial charge is 0.490 e. The average molecular weight is 573 g/mol. The molecule has 2 heterocycles. The van der Waals surface area contributed by atoms with Gasteiger partial charge in [-0.15, -0.1) is 5.10 Å². The van der Waals surface area contributed by atoms with E-state index in [1.165, 1.54) is 27.2 Å². The summed E-state index contributed by atoms with van der Waals surface area (Å²) in [6, 6.07) is 9.20. The summed E-state index contributed by atoms with van der Waals surface area (Å²) >= 11 is 3.36. The average Bonchev–Trinajstić information content (AvgIpc) is 3.17. The van der Waals surface area contributed by atoms with Crippen LogP contribution in [0.5, 0.6) is 5.75 Å². The minimum absolute atomic E-state index is 0.00834. The van der Waals surface area contributed by atoms with Gasteiger partial charge in [-0.05, 0) is 48.2 Å². The SMILES string of the molecule is CC(C)C[C@@H]1COc2cc(Br)ccc2S(=O)(=O)N1Cc1cn(Cc2ccc(C(F)(F)F)cc2)nn1. The van der Waals surface area contributed by atoms with Crippen molar-refractivity contribution in [2.24, 2.45) is 5.92 Å². The Hall–Kier alpha value is -2.44. The molecule has 0 N–H and O–H groups in total. The fourth-order valence-corrected chi connectivity index (χ4v) is 6.02. The normalized spacial score (nSPS) is 18.2. The Morgan fingerprint density at radius 1 is 1.14 bits per heavy atom. The second kappa shape index (κ2) is 9.90. The van der Waals surface area contributed by atoms with Crippen molar-refractivity contribution in [3.63, 3.8) is 0 Å². The number of halogens is 4. The van der Waals surface area contributed by atoms with E-state index in [1.54, 1.807) is 18.3 Å². The molecule has 0 bridgehead atoms. The number of hydrogen-bond donors (Lipinski definition) is 0. The van der Waals surface area contributed by atoms with Crippen molar-refractivity contribution in [1.82, 2.24) is 19.3 Å². The number of hydrogen-bond acceptors (Lipinski definition) is 5. The van der Waals surface area contributed by atoms with Gasteiger partial charge in [-0.1, -0.05) is 47.1 Å². The molecule has 1 aromatic heterocycles. The third kappa shape index (κ3) is 5.87. The van der Waals surface area contributed by atoms with Gasteiger partial charge in [-0.2, -0.15) is 17.5 Å². The predicted octanol–water partition coefficient (Wildman–Crippen LogP) is 5.11. The molecule has 0 amide bonds. The highest BCUT2D eigenvalue weighted by atomic mass is 79.9. The molecular weight excluding hydrogens is 549 g/mol. The number of benzene rings is 2. The van der Waals surface area contributed by atoms with E-state index in [9.17, 15) is 21.6 Å². The number of ether oxygens (including phenoxy) is 1. The zero-order valence-corrected chi connectivity index (χ0v) is 21.4. The quantitative estimate of drug-likeness (QED) is 0.410. The van der Waals surface area contributed by atoms with Crippen molar-refractivity contribution in [2.75, 3.05) is 6.61 Å². The molecule has 0 unspecified atom stereocenters. The first-order valence-corrected chi connectivity index (χ1v) is 13.2. The fourth-order valence-electron chi connectivity index (χ4n) is 3.98. The molecule has 1 atom stereocenters. The summed E-state index contributed by atoms with van der Waals surface area (Å²) in [4.78, 5) is 0.0871. The fraction of sp³-hybridized carbons (Fsp3) is 0.391. The highest BCUT2D eigenvalue weighted by Gasteiger charge is 2.38. The first-order chi connectivity index (χ1) is 16.4. The third-order valence-electron chi connectivity index (χ3n) is 5.60. The van der Waals surface area contributed by atoms with Gasteiger partial charge in [0.1, 0.15) is 17.3 Å². The molecule has 0 fully saturated rings. The summed E-state index contributed by atoms with van der Waals surface area (Å²) < 4.78 is 75.1. The van der Waals surface area contributed by atoms with E-state index in [1.807, 2.05) is 13.8 Å². The molecule has 0 saturated carbocycles. The molecule has 2 aromatic carbocycles. The maximum absolute atomic E-state index is 13.6. The van der Waals surface area contributed by atoms with Gasteiger partial charge in [-0.25, -0.2) is 13.1 Å². The van der Waals surface area contributed by atoms with Crippen LogP contribution in [0.4, 0.5) is 13.2 Å². The number of aromatic nitrogens is 3. The van der Waals surface area contributed by atoms with Gasteiger partial charge in [0.2, 0.25) is 10.0 Å². The van der Waals surface area contributed by atoms with E-state index >= 15 is 0 Å². The second-order valence-electron chi connectivity index (χ2n) is 8.84. The maximum Gasteiger partial charge on any atom is 0.416 e. The molecule has 12 heteroatoms. The lowest BCUT2D eigenvalue weighted by atomic mass is 10.0. The first-order valence-electron chi connectivity index (χ1n) is 10.9. The molecule has 0 radical (unpaired) electrons. The van der Waals surface area contributed by atoms with Gasteiger partial charge >= 0.3 is 6.18 Å². The second-order valence-corrected chi connectivity index (χ2v) is 11.6. The Balaban J connectivity index is 1.58. The number of fused-ring (bicyclic) bond motifs is 1. The van der Waals surface area contributed by atoms with Gasteiger partial charge < -0.3 is 4.74 Å². The minimum atomic E-state index is -4.40. The smallest absolute Gasteiger partial charge is 0.416 e. The molecule has 7 nitrogen and oxygen atoms in total. The zero-order chi connectivity index (χ0) is 25.4. The standard InChI is InChI=1S/C23H24BrF3N4O3S/c1-15(2)9-20-14-34-21-10-18(24)7-8-22(21)35(32,33)31(20)13-19-12-30(29-28-19)11-16-3-5-17(6-4-16)23(25,26)27/h3-8,10,12,15,20H,9,11,13-14H2,1-2H3/t20-/m1/s1. The molecule has 188 valence electrons. The van der Waals surface area contributed by atoms with Crippen molar-refractivity contribution in [1.29, 1.82) is 0 Å².